The average molecular weight is 478 g/mol. The third kappa shape index (κ3) is 5.16. The van der Waals surface area contributed by atoms with Gasteiger partial charge in [-0.2, -0.15) is 0 Å². The molecule has 5 rings (SSSR count). The lowest BCUT2D eigenvalue weighted by Gasteiger charge is -2.29. The molecule has 0 bridgehead atoms. The molecule has 184 valence electrons. The molecule has 0 spiro atoms. The zero-order valence-electron chi connectivity index (χ0n) is 19.7. The number of piperazine rings is 1. The smallest absolute Gasteiger partial charge is 0.255 e. The number of ether oxygens (including phenoxy) is 1. The number of rotatable bonds is 8. The van der Waals surface area contributed by atoms with Crippen LogP contribution < -0.4 is 20.7 Å². The molecule has 9 heteroatoms. The number of carbonyl (C=O) groups is 3. The number of hydrogen-bond donors (Lipinski definition) is 3. The van der Waals surface area contributed by atoms with E-state index in [1.807, 2.05) is 42.5 Å². The molecule has 0 radical (unpaired) electrons. The Kier molecular flexibility index (Phi) is 6.96. The lowest BCUT2D eigenvalue weighted by molar-refractivity contribution is -0.136. The van der Waals surface area contributed by atoms with Crippen molar-refractivity contribution in [2.75, 3.05) is 44.6 Å². The monoisotopic (exact) mass is 477 g/mol. The number of para-hydroxylation sites is 2. The molecule has 1 unspecified atom stereocenters. The molecule has 9 nitrogen and oxygen atoms in total. The first-order valence-corrected chi connectivity index (χ1v) is 12.2. The Morgan fingerprint density at radius 3 is 2.69 bits per heavy atom. The number of amides is 3. The molecule has 0 aromatic heterocycles. The number of anilines is 1. The van der Waals surface area contributed by atoms with Crippen molar-refractivity contribution in [3.05, 3.63) is 59.2 Å². The van der Waals surface area contributed by atoms with Crippen LogP contribution in [0.2, 0.25) is 0 Å². The van der Waals surface area contributed by atoms with Crippen molar-refractivity contribution in [1.29, 1.82) is 0 Å². The van der Waals surface area contributed by atoms with Crippen LogP contribution in [0.25, 0.3) is 0 Å². The first-order chi connectivity index (χ1) is 17.1. The fraction of sp³-hybridized carbons (Fsp3) is 0.423. The van der Waals surface area contributed by atoms with Crippen molar-refractivity contribution in [2.24, 2.45) is 0 Å². The van der Waals surface area contributed by atoms with Gasteiger partial charge in [-0.25, -0.2) is 0 Å². The van der Waals surface area contributed by atoms with Gasteiger partial charge in [0.1, 0.15) is 18.4 Å². The minimum absolute atomic E-state index is 0.160. The van der Waals surface area contributed by atoms with Crippen LogP contribution in [0.3, 0.4) is 0 Å². The van der Waals surface area contributed by atoms with Gasteiger partial charge in [0.25, 0.3) is 5.91 Å². The van der Waals surface area contributed by atoms with Crippen molar-refractivity contribution in [3.63, 3.8) is 0 Å². The maximum absolute atomic E-state index is 13.3. The summed E-state index contributed by atoms with van der Waals surface area (Å²) in [6.07, 6.45) is 0.604. The second-order valence-corrected chi connectivity index (χ2v) is 9.14. The minimum atomic E-state index is -0.613. The second-order valence-electron chi connectivity index (χ2n) is 9.14. The molecule has 0 saturated carbocycles. The summed E-state index contributed by atoms with van der Waals surface area (Å²) in [5.41, 5.74) is 3.29. The number of imide groups is 1. The number of carbonyl (C=O) groups excluding carboxylic acids is 3. The van der Waals surface area contributed by atoms with E-state index in [9.17, 15) is 14.4 Å². The molecular weight excluding hydrogens is 446 g/mol. The average Bonchev–Trinajstić information content (AvgIpc) is 3.21. The molecule has 2 aromatic rings. The molecule has 3 heterocycles. The van der Waals surface area contributed by atoms with Gasteiger partial charge in [0.05, 0.1) is 5.69 Å². The van der Waals surface area contributed by atoms with Gasteiger partial charge in [0, 0.05) is 57.8 Å². The maximum Gasteiger partial charge on any atom is 0.255 e. The first kappa shape index (κ1) is 23.3. The van der Waals surface area contributed by atoms with Gasteiger partial charge in [0.15, 0.2) is 0 Å². The fourth-order valence-corrected chi connectivity index (χ4v) is 4.99. The van der Waals surface area contributed by atoms with Crippen LogP contribution in [-0.4, -0.2) is 72.9 Å². The number of nitrogens with one attached hydrogen (secondary N) is 3. The van der Waals surface area contributed by atoms with E-state index in [0.717, 1.165) is 55.3 Å². The summed E-state index contributed by atoms with van der Waals surface area (Å²) < 4.78 is 6.09. The molecule has 2 fully saturated rings. The highest BCUT2D eigenvalue weighted by Gasteiger charge is 2.39. The normalized spacial score (nSPS) is 20.5. The molecular formula is C26H31N5O4. The Morgan fingerprint density at radius 1 is 1.03 bits per heavy atom. The van der Waals surface area contributed by atoms with Crippen LogP contribution in [0, 0.1) is 0 Å². The van der Waals surface area contributed by atoms with Gasteiger partial charge in [-0.3, -0.25) is 24.6 Å². The molecule has 3 aliphatic rings. The standard InChI is InChI=1S/C26H31N5O4/c32-23-9-8-21(25(33)29-23)31-17-19-5-3-4-18(24(19)26(31)34)16-28-20-6-1-2-7-22(20)35-15-14-30-12-10-27-11-13-30/h1-7,21,27-28H,8-17H2,(H,29,32,33). The maximum atomic E-state index is 13.3. The van der Waals surface area contributed by atoms with E-state index in [2.05, 4.69) is 20.9 Å². The largest absolute Gasteiger partial charge is 0.490 e. The number of piperidine rings is 1. The van der Waals surface area contributed by atoms with E-state index in [-0.39, 0.29) is 18.2 Å². The predicted octanol–water partition coefficient (Wildman–Crippen LogP) is 1.34. The van der Waals surface area contributed by atoms with Gasteiger partial charge in [-0.15, -0.1) is 0 Å². The van der Waals surface area contributed by atoms with E-state index >= 15 is 0 Å². The van der Waals surface area contributed by atoms with Crippen molar-refractivity contribution in [3.8, 4) is 5.75 Å². The second kappa shape index (κ2) is 10.5. The van der Waals surface area contributed by atoms with Gasteiger partial charge >= 0.3 is 0 Å². The molecule has 2 aromatic carbocycles. The van der Waals surface area contributed by atoms with Crippen molar-refractivity contribution in [1.82, 2.24) is 20.4 Å². The SMILES string of the molecule is O=C1CCC(N2Cc3cccc(CNc4ccccc4OCCN4CCNCC4)c3C2=O)C(=O)N1. The molecule has 2 saturated heterocycles. The van der Waals surface area contributed by atoms with Crippen LogP contribution in [-0.2, 0) is 22.7 Å². The van der Waals surface area contributed by atoms with Crippen LogP contribution in [0.1, 0.15) is 34.3 Å². The van der Waals surface area contributed by atoms with Crippen LogP contribution in [0.5, 0.6) is 5.75 Å². The van der Waals surface area contributed by atoms with Crippen LogP contribution in [0.15, 0.2) is 42.5 Å². The molecule has 35 heavy (non-hydrogen) atoms. The Hall–Kier alpha value is -3.43. The minimum Gasteiger partial charge on any atom is -0.490 e. The number of hydrogen-bond acceptors (Lipinski definition) is 7. The topological polar surface area (TPSA) is 103 Å². The Bertz CT molecular complexity index is 1110. The number of nitrogens with zero attached hydrogens (tertiary/aromatic N) is 2. The zero-order valence-corrected chi connectivity index (χ0v) is 19.7. The first-order valence-electron chi connectivity index (χ1n) is 12.2. The quantitative estimate of drug-likeness (QED) is 0.493. The molecule has 3 N–H and O–H groups in total. The van der Waals surface area contributed by atoms with E-state index in [1.54, 1.807) is 4.90 Å². The predicted molar refractivity (Wildman–Crippen MR) is 131 cm³/mol. The Morgan fingerprint density at radius 2 is 1.86 bits per heavy atom. The summed E-state index contributed by atoms with van der Waals surface area (Å²) >= 11 is 0. The Labute approximate surface area is 204 Å². The molecule has 3 aliphatic heterocycles. The van der Waals surface area contributed by atoms with Gasteiger partial charge < -0.3 is 20.3 Å². The zero-order chi connectivity index (χ0) is 24.2. The summed E-state index contributed by atoms with van der Waals surface area (Å²) in [4.78, 5) is 41.2. The summed E-state index contributed by atoms with van der Waals surface area (Å²) in [6.45, 7) is 6.42. The lowest BCUT2D eigenvalue weighted by atomic mass is 10.0. The van der Waals surface area contributed by atoms with Crippen molar-refractivity contribution < 1.29 is 19.1 Å². The fourth-order valence-electron chi connectivity index (χ4n) is 4.99. The highest BCUT2D eigenvalue weighted by atomic mass is 16.5. The summed E-state index contributed by atoms with van der Waals surface area (Å²) in [5.74, 6) is -0.0535. The van der Waals surface area contributed by atoms with E-state index in [4.69, 9.17) is 4.74 Å². The van der Waals surface area contributed by atoms with Gasteiger partial charge in [0.2, 0.25) is 11.8 Å². The highest BCUT2D eigenvalue weighted by molar-refractivity contribution is 6.06. The lowest BCUT2D eigenvalue weighted by Crippen LogP contribution is -2.52. The van der Waals surface area contributed by atoms with Crippen LogP contribution in [0.4, 0.5) is 5.69 Å². The number of fused-ring (bicyclic) bond motifs is 1. The van der Waals surface area contributed by atoms with Gasteiger partial charge in [-0.1, -0.05) is 30.3 Å². The van der Waals surface area contributed by atoms with E-state index in [1.165, 1.54) is 0 Å². The summed E-state index contributed by atoms with van der Waals surface area (Å²) in [7, 11) is 0. The summed E-state index contributed by atoms with van der Waals surface area (Å²) in [6, 6.07) is 13.0. The molecule has 0 aliphatic carbocycles. The molecule has 3 amide bonds. The third-order valence-corrected chi connectivity index (χ3v) is 6.87. The van der Waals surface area contributed by atoms with E-state index in [0.29, 0.717) is 31.7 Å². The summed E-state index contributed by atoms with van der Waals surface area (Å²) in [5, 5.41) is 9.15. The van der Waals surface area contributed by atoms with Crippen molar-refractivity contribution in [2.45, 2.75) is 32.0 Å². The van der Waals surface area contributed by atoms with Crippen molar-refractivity contribution >= 4 is 23.4 Å². The van der Waals surface area contributed by atoms with E-state index < -0.39 is 11.9 Å². The highest BCUT2D eigenvalue weighted by Crippen LogP contribution is 2.31. The third-order valence-electron chi connectivity index (χ3n) is 6.87. The van der Waals surface area contributed by atoms with Gasteiger partial charge in [-0.05, 0) is 29.7 Å². The number of benzene rings is 2. The van der Waals surface area contributed by atoms with Crippen LogP contribution >= 0.6 is 0 Å². The molecule has 1 atom stereocenters. The Balaban J connectivity index is 1.24.